The number of urea groups is 1. The Balaban J connectivity index is 1.27. The van der Waals surface area contributed by atoms with Crippen LogP contribution in [-0.4, -0.2) is 73.2 Å². The van der Waals surface area contributed by atoms with E-state index in [0.717, 1.165) is 42.9 Å². The Hall–Kier alpha value is -3.14. The molecule has 2 saturated heterocycles. The first-order chi connectivity index (χ1) is 16.8. The van der Waals surface area contributed by atoms with Gasteiger partial charge in [0.1, 0.15) is 12.1 Å². The van der Waals surface area contributed by atoms with Gasteiger partial charge in [0.25, 0.3) is 11.8 Å². The summed E-state index contributed by atoms with van der Waals surface area (Å²) < 4.78 is 10.6. The summed E-state index contributed by atoms with van der Waals surface area (Å²) in [5, 5.41) is 5.52. The van der Waals surface area contributed by atoms with Gasteiger partial charge in [0.15, 0.2) is 6.10 Å². The van der Waals surface area contributed by atoms with Gasteiger partial charge in [0.05, 0.1) is 13.2 Å². The molecule has 190 valence electrons. The van der Waals surface area contributed by atoms with E-state index in [1.165, 1.54) is 6.92 Å². The molecule has 3 aliphatic rings. The van der Waals surface area contributed by atoms with Crippen molar-refractivity contribution in [3.05, 3.63) is 24.3 Å². The number of amides is 4. The first-order valence-corrected chi connectivity index (χ1v) is 12.4. The molecule has 4 amide bonds. The lowest BCUT2D eigenvalue weighted by Crippen LogP contribution is -2.49. The minimum atomic E-state index is -1.09. The van der Waals surface area contributed by atoms with E-state index in [4.69, 9.17) is 9.47 Å². The van der Waals surface area contributed by atoms with Gasteiger partial charge in [-0.2, -0.15) is 0 Å². The quantitative estimate of drug-likeness (QED) is 0.449. The van der Waals surface area contributed by atoms with Gasteiger partial charge in [-0.15, -0.1) is 0 Å². The Labute approximate surface area is 205 Å². The van der Waals surface area contributed by atoms with E-state index in [2.05, 4.69) is 22.5 Å². The van der Waals surface area contributed by atoms with Gasteiger partial charge in [-0.25, -0.2) is 4.79 Å². The third kappa shape index (κ3) is 5.58. The zero-order valence-corrected chi connectivity index (χ0v) is 20.4. The van der Waals surface area contributed by atoms with Gasteiger partial charge >= 0.3 is 12.0 Å². The van der Waals surface area contributed by atoms with Crippen LogP contribution in [0, 0.1) is 5.92 Å². The van der Waals surface area contributed by atoms with Crippen molar-refractivity contribution in [3.63, 3.8) is 0 Å². The average Bonchev–Trinajstić information content (AvgIpc) is 3.09. The van der Waals surface area contributed by atoms with E-state index in [1.54, 1.807) is 12.1 Å². The van der Waals surface area contributed by atoms with Crippen LogP contribution in [0.1, 0.15) is 46.0 Å². The third-order valence-electron chi connectivity index (χ3n) is 7.26. The number of esters is 1. The number of morpholine rings is 1. The van der Waals surface area contributed by atoms with Crippen molar-refractivity contribution >= 4 is 35.2 Å². The highest BCUT2D eigenvalue weighted by Crippen LogP contribution is 2.37. The van der Waals surface area contributed by atoms with Gasteiger partial charge in [-0.1, -0.05) is 13.3 Å². The maximum absolute atomic E-state index is 13.0. The fourth-order valence-corrected chi connectivity index (χ4v) is 4.98. The molecule has 2 heterocycles. The van der Waals surface area contributed by atoms with E-state index in [0.29, 0.717) is 37.7 Å². The Morgan fingerprint density at radius 2 is 1.83 bits per heavy atom. The molecular formula is C25H34N4O6. The van der Waals surface area contributed by atoms with Gasteiger partial charge < -0.3 is 25.0 Å². The molecule has 2 N–H and O–H groups in total. The predicted octanol–water partition coefficient (Wildman–Crippen LogP) is 2.28. The molecule has 4 rings (SSSR count). The molecular weight excluding hydrogens is 452 g/mol. The molecule has 1 unspecified atom stereocenters. The largest absolute Gasteiger partial charge is 0.451 e. The van der Waals surface area contributed by atoms with Crippen molar-refractivity contribution in [1.82, 2.24) is 10.2 Å². The second-order valence-electron chi connectivity index (χ2n) is 9.52. The number of benzene rings is 1. The zero-order chi connectivity index (χ0) is 25.0. The molecule has 0 aromatic heterocycles. The summed E-state index contributed by atoms with van der Waals surface area (Å²) in [6.07, 6.45) is 2.84. The van der Waals surface area contributed by atoms with Crippen molar-refractivity contribution < 1.29 is 28.7 Å². The molecule has 1 aromatic rings. The van der Waals surface area contributed by atoms with Crippen molar-refractivity contribution in [2.24, 2.45) is 5.92 Å². The molecule has 1 atom stereocenters. The summed E-state index contributed by atoms with van der Waals surface area (Å²) in [5.74, 6) is -1.13. The third-order valence-corrected chi connectivity index (χ3v) is 7.26. The summed E-state index contributed by atoms with van der Waals surface area (Å²) in [6.45, 7) is 6.06. The highest BCUT2D eigenvalue weighted by Gasteiger charge is 2.52. The lowest BCUT2D eigenvalue weighted by Gasteiger charge is -2.34. The Bertz CT molecular complexity index is 951. The Kier molecular flexibility index (Phi) is 7.59. The first-order valence-electron chi connectivity index (χ1n) is 12.4. The number of rotatable bonds is 7. The Morgan fingerprint density at radius 3 is 2.46 bits per heavy atom. The summed E-state index contributed by atoms with van der Waals surface area (Å²) >= 11 is 0. The van der Waals surface area contributed by atoms with Crippen LogP contribution in [0.15, 0.2) is 24.3 Å². The monoisotopic (exact) mass is 486 g/mol. The smallest absolute Gasteiger partial charge is 0.327 e. The van der Waals surface area contributed by atoms with E-state index < -0.39 is 36.1 Å². The number of hydrogen-bond acceptors (Lipinski definition) is 7. The minimum Gasteiger partial charge on any atom is -0.451 e. The fraction of sp³-hybridized carbons (Fsp3) is 0.600. The van der Waals surface area contributed by atoms with Crippen LogP contribution in [0.25, 0.3) is 0 Å². The van der Waals surface area contributed by atoms with Crippen LogP contribution in [0.5, 0.6) is 0 Å². The van der Waals surface area contributed by atoms with Gasteiger partial charge in [0, 0.05) is 24.5 Å². The number of hydrogen-bond donors (Lipinski definition) is 2. The molecule has 1 aromatic carbocycles. The highest BCUT2D eigenvalue weighted by atomic mass is 16.5. The Morgan fingerprint density at radius 1 is 1.17 bits per heavy atom. The molecule has 35 heavy (non-hydrogen) atoms. The number of ether oxygens (including phenoxy) is 2. The van der Waals surface area contributed by atoms with Gasteiger partial charge in [-0.3, -0.25) is 19.3 Å². The lowest BCUT2D eigenvalue weighted by molar-refractivity contribution is -0.155. The molecule has 1 aliphatic carbocycles. The van der Waals surface area contributed by atoms with Gasteiger partial charge in [0.2, 0.25) is 0 Å². The molecule has 0 bridgehead atoms. The maximum Gasteiger partial charge on any atom is 0.327 e. The molecule has 2 aliphatic heterocycles. The van der Waals surface area contributed by atoms with Crippen molar-refractivity contribution in [3.8, 4) is 0 Å². The van der Waals surface area contributed by atoms with Gasteiger partial charge in [-0.05, 0) is 62.8 Å². The number of imide groups is 1. The zero-order valence-electron chi connectivity index (χ0n) is 20.4. The van der Waals surface area contributed by atoms with Crippen LogP contribution in [-0.2, 0) is 23.9 Å². The van der Waals surface area contributed by atoms with Crippen LogP contribution in [0.3, 0.4) is 0 Å². The SMILES string of the molecule is CCC1CCC2(CC1)NC(=O)N(CC(=O)OC(C)C(=O)Nc1ccc(N3CCOCC3)cc1)C2=O. The van der Waals surface area contributed by atoms with Crippen LogP contribution in [0.2, 0.25) is 0 Å². The number of nitrogens with one attached hydrogen (secondary N) is 2. The van der Waals surface area contributed by atoms with E-state index in [9.17, 15) is 19.2 Å². The first kappa shape index (κ1) is 25.0. The van der Waals surface area contributed by atoms with E-state index >= 15 is 0 Å². The molecule has 1 saturated carbocycles. The van der Waals surface area contributed by atoms with Crippen molar-refractivity contribution in [2.75, 3.05) is 43.1 Å². The predicted molar refractivity (Wildman–Crippen MR) is 129 cm³/mol. The molecule has 10 nitrogen and oxygen atoms in total. The number of carbonyl (C=O) groups excluding carboxylic acids is 4. The second-order valence-corrected chi connectivity index (χ2v) is 9.52. The lowest BCUT2D eigenvalue weighted by atomic mass is 9.75. The standard InChI is InChI=1S/C25H34N4O6/c1-3-18-8-10-25(11-9-18)23(32)29(24(33)27-25)16-21(30)35-17(2)22(31)26-19-4-6-20(7-5-19)28-12-14-34-15-13-28/h4-7,17-18H,3,8-16H2,1-2H3,(H,26,31)(H,27,33). The normalized spacial score (nSPS) is 25.4. The fourth-order valence-electron chi connectivity index (χ4n) is 4.98. The topological polar surface area (TPSA) is 117 Å². The molecule has 10 heteroatoms. The highest BCUT2D eigenvalue weighted by molar-refractivity contribution is 6.09. The van der Waals surface area contributed by atoms with Crippen molar-refractivity contribution in [1.29, 1.82) is 0 Å². The minimum absolute atomic E-state index is 0.383. The van der Waals surface area contributed by atoms with Crippen molar-refractivity contribution in [2.45, 2.75) is 57.6 Å². The van der Waals surface area contributed by atoms with E-state index in [1.807, 2.05) is 12.1 Å². The molecule has 0 radical (unpaired) electrons. The number of nitrogens with zero attached hydrogens (tertiary/aromatic N) is 2. The second kappa shape index (κ2) is 10.6. The summed E-state index contributed by atoms with van der Waals surface area (Å²) in [5.41, 5.74) is 0.702. The summed E-state index contributed by atoms with van der Waals surface area (Å²) in [4.78, 5) is 53.5. The number of carbonyl (C=O) groups is 4. The maximum atomic E-state index is 13.0. The van der Waals surface area contributed by atoms with Crippen LogP contribution < -0.4 is 15.5 Å². The molecule has 3 fully saturated rings. The van der Waals surface area contributed by atoms with E-state index in [-0.39, 0.29) is 5.91 Å². The van der Waals surface area contributed by atoms with Crippen LogP contribution in [0.4, 0.5) is 16.2 Å². The average molecular weight is 487 g/mol. The summed E-state index contributed by atoms with van der Waals surface area (Å²) in [7, 11) is 0. The molecule has 1 spiro atoms. The summed E-state index contributed by atoms with van der Waals surface area (Å²) in [6, 6.07) is 6.83. The number of anilines is 2. The van der Waals surface area contributed by atoms with Crippen LogP contribution >= 0.6 is 0 Å².